The number of aromatic nitrogens is 1. The quantitative estimate of drug-likeness (QED) is 0.728. The van der Waals surface area contributed by atoms with E-state index in [9.17, 15) is 4.79 Å². The second kappa shape index (κ2) is 6.66. The first-order valence-corrected chi connectivity index (χ1v) is 9.10. The number of hydrogen-bond donors (Lipinski definition) is 1. The predicted octanol–water partition coefficient (Wildman–Crippen LogP) is 4.66. The lowest BCUT2D eigenvalue weighted by Gasteiger charge is -2.30. The molecule has 1 N–H and O–H groups in total. The molecule has 128 valence electrons. The summed E-state index contributed by atoms with van der Waals surface area (Å²) in [6, 6.07) is 15.8. The molecule has 1 fully saturated rings. The van der Waals surface area contributed by atoms with Crippen molar-refractivity contribution in [1.82, 2.24) is 9.88 Å². The molecule has 2 heterocycles. The number of halogens is 1. The predicted molar refractivity (Wildman–Crippen MR) is 104 cm³/mol. The molecule has 4 rings (SSSR count). The van der Waals surface area contributed by atoms with Gasteiger partial charge in [0.25, 0.3) is 5.56 Å². The highest BCUT2D eigenvalue weighted by Crippen LogP contribution is 2.37. The van der Waals surface area contributed by atoms with E-state index in [-0.39, 0.29) is 5.56 Å². The van der Waals surface area contributed by atoms with E-state index in [0.717, 1.165) is 58.5 Å². The van der Waals surface area contributed by atoms with E-state index < -0.39 is 0 Å². The van der Waals surface area contributed by atoms with Gasteiger partial charge in [-0.2, -0.15) is 0 Å². The molecule has 0 spiro atoms. The van der Waals surface area contributed by atoms with Gasteiger partial charge in [-0.15, -0.1) is 0 Å². The van der Waals surface area contributed by atoms with Gasteiger partial charge in [-0.3, -0.25) is 4.79 Å². The molecule has 0 atom stereocenters. The summed E-state index contributed by atoms with van der Waals surface area (Å²) in [7, 11) is 2.15. The molecule has 1 aliphatic rings. The van der Waals surface area contributed by atoms with Crippen LogP contribution in [-0.2, 0) is 0 Å². The summed E-state index contributed by atoms with van der Waals surface area (Å²) in [4.78, 5) is 18.2. The minimum absolute atomic E-state index is 0.00208. The maximum Gasteiger partial charge on any atom is 0.256 e. The van der Waals surface area contributed by atoms with Crippen molar-refractivity contribution in [2.45, 2.75) is 18.8 Å². The Bertz CT molecular complexity index is 954. The summed E-state index contributed by atoms with van der Waals surface area (Å²) in [5, 5.41) is 2.48. The Hall–Kier alpha value is -2.10. The second-order valence-electron chi connectivity index (χ2n) is 6.87. The fourth-order valence-corrected chi connectivity index (χ4v) is 3.95. The van der Waals surface area contributed by atoms with Gasteiger partial charge in [-0.05, 0) is 62.1 Å². The van der Waals surface area contributed by atoms with E-state index in [1.54, 1.807) is 0 Å². The molecule has 0 unspecified atom stereocenters. The largest absolute Gasteiger partial charge is 0.325 e. The van der Waals surface area contributed by atoms with Crippen molar-refractivity contribution in [2.24, 2.45) is 0 Å². The van der Waals surface area contributed by atoms with Crippen molar-refractivity contribution in [3.05, 3.63) is 69.6 Å². The standard InChI is InChI=1S/C21H21ClN2O/c1-24-12-10-15(11-13-24)20-19(14-6-8-16(22)9-7-14)17-4-2-3-5-18(17)21(25)23-20/h2-9,15H,10-13H2,1H3,(H,23,25). The average molecular weight is 353 g/mol. The molecule has 3 nitrogen and oxygen atoms in total. The Morgan fingerprint density at radius 3 is 2.32 bits per heavy atom. The van der Waals surface area contributed by atoms with Crippen LogP contribution in [0.15, 0.2) is 53.3 Å². The van der Waals surface area contributed by atoms with E-state index in [2.05, 4.69) is 16.9 Å². The van der Waals surface area contributed by atoms with Crippen LogP contribution in [0, 0.1) is 0 Å². The van der Waals surface area contributed by atoms with Gasteiger partial charge >= 0.3 is 0 Å². The van der Waals surface area contributed by atoms with E-state index >= 15 is 0 Å². The Morgan fingerprint density at radius 1 is 1.00 bits per heavy atom. The van der Waals surface area contributed by atoms with E-state index in [1.807, 2.05) is 48.5 Å². The van der Waals surface area contributed by atoms with Crippen LogP contribution >= 0.6 is 11.6 Å². The molecule has 0 bridgehead atoms. The number of nitrogens with one attached hydrogen (secondary N) is 1. The van der Waals surface area contributed by atoms with Crippen molar-refractivity contribution in [2.75, 3.05) is 20.1 Å². The topological polar surface area (TPSA) is 36.1 Å². The van der Waals surface area contributed by atoms with E-state index in [4.69, 9.17) is 11.6 Å². The molecule has 0 amide bonds. The van der Waals surface area contributed by atoms with E-state index in [0.29, 0.717) is 5.92 Å². The maximum absolute atomic E-state index is 12.7. The normalized spacial score (nSPS) is 16.4. The molecule has 3 aromatic rings. The van der Waals surface area contributed by atoms with Crippen molar-refractivity contribution < 1.29 is 0 Å². The summed E-state index contributed by atoms with van der Waals surface area (Å²) in [6.45, 7) is 2.11. The van der Waals surface area contributed by atoms with Crippen molar-refractivity contribution in [3.63, 3.8) is 0 Å². The first-order valence-electron chi connectivity index (χ1n) is 8.73. The number of pyridine rings is 1. The summed E-state index contributed by atoms with van der Waals surface area (Å²) < 4.78 is 0. The van der Waals surface area contributed by atoms with Gasteiger partial charge in [0.05, 0.1) is 0 Å². The zero-order chi connectivity index (χ0) is 17.4. The van der Waals surface area contributed by atoms with Crippen molar-refractivity contribution in [1.29, 1.82) is 0 Å². The van der Waals surface area contributed by atoms with Crippen LogP contribution in [0.5, 0.6) is 0 Å². The van der Waals surface area contributed by atoms with Crippen LogP contribution in [0.4, 0.5) is 0 Å². The molecule has 1 saturated heterocycles. The molecule has 0 aliphatic carbocycles. The highest BCUT2D eigenvalue weighted by molar-refractivity contribution is 6.30. The van der Waals surface area contributed by atoms with Crippen LogP contribution in [0.3, 0.4) is 0 Å². The number of fused-ring (bicyclic) bond motifs is 1. The zero-order valence-electron chi connectivity index (χ0n) is 14.3. The number of piperidine rings is 1. The second-order valence-corrected chi connectivity index (χ2v) is 7.31. The number of likely N-dealkylation sites (tertiary alicyclic amines) is 1. The van der Waals surface area contributed by atoms with Crippen LogP contribution in [-0.4, -0.2) is 30.0 Å². The third-order valence-electron chi connectivity index (χ3n) is 5.22. The zero-order valence-corrected chi connectivity index (χ0v) is 15.0. The average Bonchev–Trinajstić information content (AvgIpc) is 2.63. The maximum atomic E-state index is 12.7. The number of aromatic amines is 1. The van der Waals surface area contributed by atoms with Gasteiger partial charge in [0.1, 0.15) is 0 Å². The summed E-state index contributed by atoms with van der Waals surface area (Å²) in [5.41, 5.74) is 3.31. The highest BCUT2D eigenvalue weighted by atomic mass is 35.5. The van der Waals surface area contributed by atoms with Gasteiger partial charge in [0.15, 0.2) is 0 Å². The van der Waals surface area contributed by atoms with Crippen LogP contribution < -0.4 is 5.56 Å². The Kier molecular flexibility index (Phi) is 4.36. The fourth-order valence-electron chi connectivity index (χ4n) is 3.83. The smallest absolute Gasteiger partial charge is 0.256 e. The number of hydrogen-bond acceptors (Lipinski definition) is 2. The Balaban J connectivity index is 1.96. The summed E-state index contributed by atoms with van der Waals surface area (Å²) in [5.74, 6) is 0.374. The molecular weight excluding hydrogens is 332 g/mol. The Morgan fingerprint density at radius 2 is 1.64 bits per heavy atom. The minimum Gasteiger partial charge on any atom is -0.325 e. The molecular formula is C21H21ClN2O. The first kappa shape index (κ1) is 16.4. The van der Waals surface area contributed by atoms with Gasteiger partial charge in [-0.25, -0.2) is 0 Å². The minimum atomic E-state index is 0.00208. The first-order chi connectivity index (χ1) is 12.1. The van der Waals surface area contributed by atoms with E-state index in [1.165, 1.54) is 0 Å². The number of benzene rings is 2. The fraction of sp³-hybridized carbons (Fsp3) is 0.286. The molecule has 1 aromatic heterocycles. The summed E-state index contributed by atoms with van der Waals surface area (Å²) >= 11 is 6.08. The number of rotatable bonds is 2. The molecule has 4 heteroatoms. The third-order valence-corrected chi connectivity index (χ3v) is 5.47. The highest BCUT2D eigenvalue weighted by Gasteiger charge is 2.24. The number of nitrogens with zero attached hydrogens (tertiary/aromatic N) is 1. The van der Waals surface area contributed by atoms with Gasteiger partial charge in [0.2, 0.25) is 0 Å². The van der Waals surface area contributed by atoms with Crippen molar-refractivity contribution in [3.8, 4) is 11.1 Å². The molecule has 2 aromatic carbocycles. The molecule has 0 saturated carbocycles. The summed E-state index contributed by atoms with van der Waals surface area (Å²) in [6.07, 6.45) is 2.12. The lowest BCUT2D eigenvalue weighted by Crippen LogP contribution is -2.30. The van der Waals surface area contributed by atoms with Gasteiger partial charge < -0.3 is 9.88 Å². The SMILES string of the molecule is CN1CCC(c2[nH]c(=O)c3ccccc3c2-c2ccc(Cl)cc2)CC1. The lowest BCUT2D eigenvalue weighted by molar-refractivity contribution is 0.253. The lowest BCUT2D eigenvalue weighted by atomic mass is 9.86. The molecule has 0 radical (unpaired) electrons. The molecule has 25 heavy (non-hydrogen) atoms. The van der Waals surface area contributed by atoms with Gasteiger partial charge in [-0.1, -0.05) is 41.9 Å². The monoisotopic (exact) mass is 352 g/mol. The van der Waals surface area contributed by atoms with Crippen LogP contribution in [0.1, 0.15) is 24.5 Å². The van der Waals surface area contributed by atoms with Crippen LogP contribution in [0.25, 0.3) is 21.9 Å². The van der Waals surface area contributed by atoms with Gasteiger partial charge in [0, 0.05) is 27.6 Å². The van der Waals surface area contributed by atoms with Crippen molar-refractivity contribution >= 4 is 22.4 Å². The Labute approximate surface area is 152 Å². The number of H-pyrrole nitrogens is 1. The third kappa shape index (κ3) is 3.10. The molecule has 1 aliphatic heterocycles. The van der Waals surface area contributed by atoms with Crippen LogP contribution in [0.2, 0.25) is 5.02 Å².